The van der Waals surface area contributed by atoms with Gasteiger partial charge in [0.05, 0.1) is 7.11 Å². The van der Waals surface area contributed by atoms with Crippen molar-refractivity contribution < 1.29 is 9.53 Å². The Balaban J connectivity index is 2.18. The maximum absolute atomic E-state index is 12.2. The summed E-state index contributed by atoms with van der Waals surface area (Å²) in [7, 11) is 1.46. The topological polar surface area (TPSA) is 38.3 Å². The van der Waals surface area contributed by atoms with Gasteiger partial charge in [-0.3, -0.25) is 0 Å². The van der Waals surface area contributed by atoms with Crippen LogP contribution in [0, 0.1) is 5.92 Å². The molecule has 1 aromatic carbocycles. The molecule has 4 heteroatoms. The summed E-state index contributed by atoms with van der Waals surface area (Å²) < 4.78 is 6.04. The second-order valence-corrected chi connectivity index (χ2v) is 6.30. The summed E-state index contributed by atoms with van der Waals surface area (Å²) in [5, 5.41) is 3.40. The van der Waals surface area contributed by atoms with Gasteiger partial charge in [0.1, 0.15) is 5.54 Å². The highest BCUT2D eigenvalue weighted by Gasteiger charge is 2.42. The second kappa shape index (κ2) is 5.95. The van der Waals surface area contributed by atoms with Gasteiger partial charge in [-0.2, -0.15) is 0 Å². The van der Waals surface area contributed by atoms with E-state index in [9.17, 15) is 4.79 Å². The van der Waals surface area contributed by atoms with Crippen LogP contribution in [-0.2, 0) is 9.53 Å². The number of methoxy groups -OCH3 is 1. The normalized spacial score (nSPS) is 26.8. The van der Waals surface area contributed by atoms with E-state index in [1.807, 2.05) is 24.3 Å². The molecule has 0 unspecified atom stereocenters. The van der Waals surface area contributed by atoms with Crippen molar-refractivity contribution in [2.75, 3.05) is 12.4 Å². The van der Waals surface area contributed by atoms with Gasteiger partial charge in [0.2, 0.25) is 0 Å². The quantitative estimate of drug-likeness (QED) is 0.854. The number of benzene rings is 1. The number of rotatable bonds is 3. The number of hydrogen-bond donors (Lipinski definition) is 1. The minimum atomic E-state index is -0.560. The van der Waals surface area contributed by atoms with E-state index in [1.54, 1.807) is 0 Å². The van der Waals surface area contributed by atoms with E-state index in [2.05, 4.69) is 28.2 Å². The molecule has 104 valence electrons. The summed E-state index contributed by atoms with van der Waals surface area (Å²) in [5.74, 6) is 0.534. The van der Waals surface area contributed by atoms with Crippen LogP contribution in [0.15, 0.2) is 28.7 Å². The maximum Gasteiger partial charge on any atom is 0.331 e. The first-order valence-electron chi connectivity index (χ1n) is 6.68. The molecule has 2 rings (SSSR count). The van der Waals surface area contributed by atoms with E-state index in [-0.39, 0.29) is 5.97 Å². The van der Waals surface area contributed by atoms with Gasteiger partial charge >= 0.3 is 5.97 Å². The van der Waals surface area contributed by atoms with Crippen LogP contribution in [0.3, 0.4) is 0 Å². The van der Waals surface area contributed by atoms with E-state index >= 15 is 0 Å². The van der Waals surface area contributed by atoms with Crippen molar-refractivity contribution in [1.82, 2.24) is 0 Å². The van der Waals surface area contributed by atoms with E-state index in [0.717, 1.165) is 35.8 Å². The number of hydrogen-bond acceptors (Lipinski definition) is 3. The third-order valence-electron chi connectivity index (χ3n) is 3.93. The van der Waals surface area contributed by atoms with Gasteiger partial charge in [0, 0.05) is 10.2 Å². The summed E-state index contributed by atoms with van der Waals surface area (Å²) in [6, 6.07) is 7.90. The second-order valence-electron chi connectivity index (χ2n) is 5.39. The summed E-state index contributed by atoms with van der Waals surface area (Å²) in [6.07, 6.45) is 3.77. The number of halogens is 1. The molecule has 0 amide bonds. The number of carbonyl (C=O) groups is 1. The molecule has 0 saturated heterocycles. The van der Waals surface area contributed by atoms with Gasteiger partial charge < -0.3 is 10.1 Å². The van der Waals surface area contributed by atoms with Crippen LogP contribution in [0.4, 0.5) is 5.69 Å². The molecule has 0 atom stereocenters. The molecular formula is C15H20BrNO2. The number of ether oxygens (including phenoxy) is 1. The Morgan fingerprint density at radius 3 is 2.42 bits per heavy atom. The molecule has 1 fully saturated rings. The first-order valence-corrected chi connectivity index (χ1v) is 7.47. The SMILES string of the molecule is COC(=O)C1(Nc2ccc(Br)cc2)CCC(C)CC1. The predicted octanol–water partition coefficient (Wildman–Crippen LogP) is 3.98. The zero-order valence-corrected chi connectivity index (χ0v) is 13.0. The molecule has 1 saturated carbocycles. The van der Waals surface area contributed by atoms with Crippen molar-refractivity contribution in [2.24, 2.45) is 5.92 Å². The Kier molecular flexibility index (Phi) is 4.50. The average Bonchev–Trinajstić information content (AvgIpc) is 2.43. The summed E-state index contributed by atoms with van der Waals surface area (Å²) in [5.41, 5.74) is 0.401. The number of nitrogens with one attached hydrogen (secondary N) is 1. The Morgan fingerprint density at radius 2 is 1.89 bits per heavy atom. The van der Waals surface area contributed by atoms with Crippen molar-refractivity contribution in [3.63, 3.8) is 0 Å². The molecule has 0 radical (unpaired) electrons. The summed E-state index contributed by atoms with van der Waals surface area (Å²) in [6.45, 7) is 2.24. The van der Waals surface area contributed by atoms with Gasteiger partial charge in [-0.1, -0.05) is 22.9 Å². The van der Waals surface area contributed by atoms with Gasteiger partial charge in [0.15, 0.2) is 0 Å². The smallest absolute Gasteiger partial charge is 0.331 e. The number of esters is 1. The van der Waals surface area contributed by atoms with Crippen molar-refractivity contribution >= 4 is 27.6 Å². The molecule has 3 nitrogen and oxygen atoms in total. The Bertz CT molecular complexity index is 436. The van der Waals surface area contributed by atoms with Crippen molar-refractivity contribution in [3.05, 3.63) is 28.7 Å². The van der Waals surface area contributed by atoms with Crippen LogP contribution in [0.2, 0.25) is 0 Å². The van der Waals surface area contributed by atoms with E-state index < -0.39 is 5.54 Å². The zero-order chi connectivity index (χ0) is 13.9. The highest BCUT2D eigenvalue weighted by molar-refractivity contribution is 9.10. The lowest BCUT2D eigenvalue weighted by Crippen LogP contribution is -2.49. The Morgan fingerprint density at radius 1 is 1.32 bits per heavy atom. The average molecular weight is 326 g/mol. The molecule has 1 N–H and O–H groups in total. The van der Waals surface area contributed by atoms with Crippen molar-refractivity contribution in [1.29, 1.82) is 0 Å². The fraction of sp³-hybridized carbons (Fsp3) is 0.533. The van der Waals surface area contributed by atoms with E-state index in [1.165, 1.54) is 7.11 Å². The molecule has 0 heterocycles. The van der Waals surface area contributed by atoms with Crippen molar-refractivity contribution in [3.8, 4) is 0 Å². The summed E-state index contributed by atoms with van der Waals surface area (Å²) >= 11 is 3.42. The minimum absolute atomic E-state index is 0.151. The fourth-order valence-corrected chi connectivity index (χ4v) is 2.90. The van der Waals surface area contributed by atoms with Crippen LogP contribution in [-0.4, -0.2) is 18.6 Å². The van der Waals surface area contributed by atoms with Crippen molar-refractivity contribution in [2.45, 2.75) is 38.1 Å². The maximum atomic E-state index is 12.2. The standard InChI is InChI=1S/C15H20BrNO2/c1-11-7-9-15(10-8-11,14(18)19-2)17-13-5-3-12(16)4-6-13/h3-6,11,17H,7-10H2,1-2H3. The lowest BCUT2D eigenvalue weighted by molar-refractivity contribution is -0.147. The first kappa shape index (κ1) is 14.4. The third-order valence-corrected chi connectivity index (χ3v) is 4.46. The fourth-order valence-electron chi connectivity index (χ4n) is 2.64. The largest absolute Gasteiger partial charge is 0.467 e. The Labute approximate surface area is 122 Å². The van der Waals surface area contributed by atoms with Crippen LogP contribution < -0.4 is 5.32 Å². The highest BCUT2D eigenvalue weighted by atomic mass is 79.9. The van der Waals surface area contributed by atoms with Crippen LogP contribution >= 0.6 is 15.9 Å². The molecule has 0 bridgehead atoms. The lowest BCUT2D eigenvalue weighted by Gasteiger charge is -2.38. The zero-order valence-electron chi connectivity index (χ0n) is 11.4. The van der Waals surface area contributed by atoms with Gasteiger partial charge in [0.25, 0.3) is 0 Å². The number of carbonyl (C=O) groups excluding carboxylic acids is 1. The molecule has 19 heavy (non-hydrogen) atoms. The van der Waals surface area contributed by atoms with Gasteiger partial charge in [-0.05, 0) is 55.9 Å². The number of anilines is 1. The summed E-state index contributed by atoms with van der Waals surface area (Å²) in [4.78, 5) is 12.2. The van der Waals surface area contributed by atoms with Crippen LogP contribution in [0.1, 0.15) is 32.6 Å². The van der Waals surface area contributed by atoms with Crippen LogP contribution in [0.25, 0.3) is 0 Å². The van der Waals surface area contributed by atoms with Crippen LogP contribution in [0.5, 0.6) is 0 Å². The first-order chi connectivity index (χ1) is 9.05. The van der Waals surface area contributed by atoms with Gasteiger partial charge in [-0.15, -0.1) is 0 Å². The molecule has 0 aliphatic heterocycles. The molecule has 1 aliphatic carbocycles. The lowest BCUT2D eigenvalue weighted by atomic mass is 9.77. The molecule has 1 aromatic rings. The predicted molar refractivity (Wildman–Crippen MR) is 80.1 cm³/mol. The van der Waals surface area contributed by atoms with E-state index in [0.29, 0.717) is 5.92 Å². The molecule has 1 aliphatic rings. The monoisotopic (exact) mass is 325 g/mol. The highest BCUT2D eigenvalue weighted by Crippen LogP contribution is 2.35. The third kappa shape index (κ3) is 3.30. The molecule has 0 spiro atoms. The molecular weight excluding hydrogens is 306 g/mol. The minimum Gasteiger partial charge on any atom is -0.467 e. The van der Waals surface area contributed by atoms with Gasteiger partial charge in [-0.25, -0.2) is 4.79 Å². The molecule has 0 aromatic heterocycles. The Hall–Kier alpha value is -1.03. The van der Waals surface area contributed by atoms with E-state index in [4.69, 9.17) is 4.74 Å².